The molecule has 0 spiro atoms. The molecule has 0 saturated heterocycles. The lowest BCUT2D eigenvalue weighted by molar-refractivity contribution is -0.146. The molecule has 0 aliphatic heterocycles. The first-order valence-corrected chi connectivity index (χ1v) is 9.88. The van der Waals surface area contributed by atoms with Gasteiger partial charge in [0, 0.05) is 4.88 Å². The molecule has 0 radical (unpaired) electrons. The first-order chi connectivity index (χ1) is 13.5. The van der Waals surface area contributed by atoms with E-state index >= 15 is 0 Å². The van der Waals surface area contributed by atoms with Crippen molar-refractivity contribution in [3.63, 3.8) is 0 Å². The number of amides is 1. The fourth-order valence-electron chi connectivity index (χ4n) is 3.17. The van der Waals surface area contributed by atoms with E-state index < -0.39 is 29.7 Å². The number of nitrogens with one attached hydrogen (secondary N) is 1. The highest BCUT2D eigenvalue weighted by Crippen LogP contribution is 2.37. The average molecular weight is 399 g/mol. The van der Waals surface area contributed by atoms with Crippen LogP contribution in [-0.2, 0) is 14.3 Å². The number of esters is 1. The maximum atomic E-state index is 12.8. The zero-order valence-corrected chi connectivity index (χ0v) is 16.2. The van der Waals surface area contributed by atoms with Crippen LogP contribution in [0.1, 0.15) is 30.1 Å². The maximum absolute atomic E-state index is 12.8. The number of thiophene rings is 1. The molecule has 1 aromatic carbocycles. The van der Waals surface area contributed by atoms with Crippen LogP contribution in [0.2, 0.25) is 0 Å². The first kappa shape index (κ1) is 19.8. The Morgan fingerprint density at radius 1 is 1.14 bits per heavy atom. The molecule has 3 rings (SSSR count). The number of ether oxygens (including phenoxy) is 1. The number of rotatable bonds is 6. The van der Waals surface area contributed by atoms with Crippen LogP contribution in [0.3, 0.4) is 0 Å². The molecular weight excluding hydrogens is 378 g/mol. The number of hydrogen-bond donors (Lipinski definition) is 2. The number of allylic oxidation sites excluding steroid dienone is 2. The van der Waals surface area contributed by atoms with E-state index in [-0.39, 0.29) is 12.2 Å². The van der Waals surface area contributed by atoms with E-state index in [2.05, 4.69) is 5.32 Å². The molecule has 0 saturated carbocycles. The summed E-state index contributed by atoms with van der Waals surface area (Å²) < 4.78 is 5.12. The molecule has 1 aromatic heterocycles. The molecular formula is C21H21NO5S. The van der Waals surface area contributed by atoms with Crippen molar-refractivity contribution < 1.29 is 24.2 Å². The zero-order chi connectivity index (χ0) is 20.1. The van der Waals surface area contributed by atoms with E-state index in [9.17, 15) is 19.5 Å². The first-order valence-electron chi connectivity index (χ1n) is 9.06. The van der Waals surface area contributed by atoms with Gasteiger partial charge in [-0.1, -0.05) is 42.5 Å². The third-order valence-corrected chi connectivity index (χ3v) is 5.71. The van der Waals surface area contributed by atoms with E-state index in [1.807, 2.05) is 36.4 Å². The lowest BCUT2D eigenvalue weighted by Crippen LogP contribution is -2.34. The molecule has 1 amide bonds. The normalized spacial score (nSPS) is 18.5. The number of carbonyl (C=O) groups excluding carboxylic acids is 2. The van der Waals surface area contributed by atoms with Gasteiger partial charge in [0.1, 0.15) is 5.00 Å². The molecule has 7 heteroatoms. The number of carboxylic acids is 1. The summed E-state index contributed by atoms with van der Waals surface area (Å²) in [7, 11) is 0. The van der Waals surface area contributed by atoms with E-state index in [4.69, 9.17) is 4.74 Å². The highest BCUT2D eigenvalue weighted by molar-refractivity contribution is 7.20. The third kappa shape index (κ3) is 4.31. The average Bonchev–Trinajstić information content (AvgIpc) is 3.12. The fraction of sp³-hybridized carbons (Fsp3) is 0.286. The smallest absolute Gasteiger partial charge is 0.341 e. The molecule has 28 heavy (non-hydrogen) atoms. The van der Waals surface area contributed by atoms with Gasteiger partial charge in [-0.3, -0.25) is 9.59 Å². The van der Waals surface area contributed by atoms with Gasteiger partial charge in [0.05, 0.1) is 24.0 Å². The lowest BCUT2D eigenvalue weighted by Gasteiger charge is -2.24. The SMILES string of the molecule is CCOC(=O)c1cc(-c2ccccc2)sc1NC(=O)[C@H]1CC=CC[C@H]1C(=O)O. The second-order valence-electron chi connectivity index (χ2n) is 6.42. The number of hydrogen-bond acceptors (Lipinski definition) is 5. The third-order valence-electron chi connectivity index (χ3n) is 4.61. The molecule has 2 N–H and O–H groups in total. The summed E-state index contributed by atoms with van der Waals surface area (Å²) in [5.74, 6) is -3.37. The number of carboxylic acid groups (broad SMARTS) is 1. The maximum Gasteiger partial charge on any atom is 0.341 e. The van der Waals surface area contributed by atoms with Gasteiger partial charge in [-0.25, -0.2) is 4.79 Å². The Hall–Kier alpha value is -2.93. The second-order valence-corrected chi connectivity index (χ2v) is 7.48. The minimum Gasteiger partial charge on any atom is -0.481 e. The largest absolute Gasteiger partial charge is 0.481 e. The molecule has 1 aliphatic rings. The van der Waals surface area contributed by atoms with Crippen molar-refractivity contribution >= 4 is 34.2 Å². The molecule has 1 heterocycles. The predicted octanol–water partition coefficient (Wildman–Crippen LogP) is 4.20. The van der Waals surface area contributed by atoms with Crippen LogP contribution in [0.5, 0.6) is 0 Å². The van der Waals surface area contributed by atoms with Gasteiger partial charge in [0.25, 0.3) is 0 Å². The van der Waals surface area contributed by atoms with Gasteiger partial charge in [0.2, 0.25) is 5.91 Å². The summed E-state index contributed by atoms with van der Waals surface area (Å²) in [6.07, 6.45) is 4.28. The van der Waals surface area contributed by atoms with E-state index in [0.29, 0.717) is 17.8 Å². The van der Waals surface area contributed by atoms with Crippen molar-refractivity contribution in [2.75, 3.05) is 11.9 Å². The van der Waals surface area contributed by atoms with Crippen LogP contribution >= 0.6 is 11.3 Å². The Morgan fingerprint density at radius 2 is 1.82 bits per heavy atom. The van der Waals surface area contributed by atoms with Gasteiger partial charge >= 0.3 is 11.9 Å². The van der Waals surface area contributed by atoms with Crippen molar-refractivity contribution in [1.82, 2.24) is 0 Å². The van der Waals surface area contributed by atoms with Crippen LogP contribution in [0, 0.1) is 11.8 Å². The van der Waals surface area contributed by atoms with Gasteiger partial charge in [0.15, 0.2) is 0 Å². The van der Waals surface area contributed by atoms with Crippen LogP contribution in [0.15, 0.2) is 48.6 Å². The highest BCUT2D eigenvalue weighted by Gasteiger charge is 2.34. The number of benzene rings is 1. The standard InChI is InChI=1S/C21H21NO5S/c1-2-27-21(26)16-12-17(13-8-4-3-5-9-13)28-19(16)22-18(23)14-10-6-7-11-15(14)20(24)25/h3-9,12,14-15H,2,10-11H2,1H3,(H,22,23)(H,24,25)/t14-,15+/m0/s1. The molecule has 6 nitrogen and oxygen atoms in total. The Bertz CT molecular complexity index is 903. The lowest BCUT2D eigenvalue weighted by atomic mass is 9.82. The summed E-state index contributed by atoms with van der Waals surface area (Å²) >= 11 is 1.27. The number of anilines is 1. The van der Waals surface area contributed by atoms with E-state index in [0.717, 1.165) is 10.4 Å². The van der Waals surface area contributed by atoms with E-state index in [1.165, 1.54) is 11.3 Å². The summed E-state index contributed by atoms with van der Waals surface area (Å²) in [4.78, 5) is 37.5. The van der Waals surface area contributed by atoms with Crippen molar-refractivity contribution in [2.45, 2.75) is 19.8 Å². The minimum atomic E-state index is -0.994. The molecule has 2 aromatic rings. The summed E-state index contributed by atoms with van der Waals surface area (Å²) in [6, 6.07) is 11.2. The van der Waals surface area contributed by atoms with Gasteiger partial charge in [-0.05, 0) is 31.4 Å². The quantitative estimate of drug-likeness (QED) is 0.561. The molecule has 146 valence electrons. The molecule has 0 unspecified atom stereocenters. The summed E-state index contributed by atoms with van der Waals surface area (Å²) in [5.41, 5.74) is 1.19. The van der Waals surface area contributed by atoms with Crippen LogP contribution in [0.4, 0.5) is 5.00 Å². The van der Waals surface area contributed by atoms with Crippen molar-refractivity contribution in [2.24, 2.45) is 11.8 Å². The van der Waals surface area contributed by atoms with Crippen LogP contribution in [0.25, 0.3) is 10.4 Å². The van der Waals surface area contributed by atoms with Gasteiger partial charge in [-0.2, -0.15) is 0 Å². The topological polar surface area (TPSA) is 92.7 Å². The molecule has 0 bridgehead atoms. The number of carbonyl (C=O) groups is 3. The van der Waals surface area contributed by atoms with Crippen molar-refractivity contribution in [1.29, 1.82) is 0 Å². The predicted molar refractivity (Wildman–Crippen MR) is 107 cm³/mol. The Labute approximate surface area is 166 Å². The summed E-state index contributed by atoms with van der Waals surface area (Å²) in [5, 5.41) is 12.6. The Balaban J connectivity index is 1.90. The van der Waals surface area contributed by atoms with Crippen molar-refractivity contribution in [3.8, 4) is 10.4 Å². The summed E-state index contributed by atoms with van der Waals surface area (Å²) in [6.45, 7) is 1.93. The molecule has 1 aliphatic carbocycles. The minimum absolute atomic E-state index is 0.219. The van der Waals surface area contributed by atoms with Crippen LogP contribution < -0.4 is 5.32 Å². The molecule has 0 fully saturated rings. The second kappa shape index (κ2) is 8.84. The molecule has 2 atom stereocenters. The highest BCUT2D eigenvalue weighted by atomic mass is 32.1. The monoisotopic (exact) mass is 399 g/mol. The fourth-order valence-corrected chi connectivity index (χ4v) is 4.22. The van der Waals surface area contributed by atoms with E-state index in [1.54, 1.807) is 19.1 Å². The Kier molecular flexibility index (Phi) is 6.26. The van der Waals surface area contributed by atoms with Crippen molar-refractivity contribution in [3.05, 3.63) is 54.1 Å². The Morgan fingerprint density at radius 3 is 2.46 bits per heavy atom. The van der Waals surface area contributed by atoms with Crippen LogP contribution in [-0.4, -0.2) is 29.6 Å². The van der Waals surface area contributed by atoms with Gasteiger partial charge < -0.3 is 15.2 Å². The van der Waals surface area contributed by atoms with Gasteiger partial charge in [-0.15, -0.1) is 11.3 Å². The number of aliphatic carboxylic acids is 1. The zero-order valence-electron chi connectivity index (χ0n) is 15.4.